The highest BCUT2D eigenvalue weighted by Gasteiger charge is 2.07. The Kier molecular flexibility index (Phi) is 5.84. The minimum absolute atomic E-state index is 0.359. The Bertz CT molecular complexity index is 950. The molecule has 0 heterocycles. The Morgan fingerprint density at radius 2 is 1.74 bits per heavy atom. The van der Waals surface area contributed by atoms with Gasteiger partial charge in [-0.05, 0) is 36.8 Å². The maximum absolute atomic E-state index is 12.1. The number of aryl methyl sites for hydroxylation is 1. The van der Waals surface area contributed by atoms with E-state index in [1.807, 2.05) is 43.3 Å². The van der Waals surface area contributed by atoms with E-state index in [4.69, 9.17) is 10.5 Å². The van der Waals surface area contributed by atoms with E-state index in [1.54, 1.807) is 30.5 Å². The van der Waals surface area contributed by atoms with Gasteiger partial charge in [0.1, 0.15) is 12.4 Å². The Hall–Kier alpha value is -3.60. The number of benzene rings is 3. The summed E-state index contributed by atoms with van der Waals surface area (Å²) in [6.45, 7) is 2.51. The molecule has 0 aliphatic carbocycles. The molecule has 0 aliphatic rings. The molecule has 0 saturated heterocycles. The number of nitrogens with zero attached hydrogens (tertiary/aromatic N) is 1. The number of nitrogen functional groups attached to an aromatic ring is 1. The SMILES string of the molecule is Cc1ccc(COc2ccccc2/C=N/NC(=O)c2ccccc2N)cc1. The second kappa shape index (κ2) is 8.67. The van der Waals surface area contributed by atoms with Crippen molar-refractivity contribution in [2.24, 2.45) is 5.10 Å². The maximum Gasteiger partial charge on any atom is 0.273 e. The molecule has 27 heavy (non-hydrogen) atoms. The minimum Gasteiger partial charge on any atom is -0.488 e. The average molecular weight is 359 g/mol. The van der Waals surface area contributed by atoms with Crippen molar-refractivity contribution in [3.8, 4) is 5.75 Å². The zero-order valence-corrected chi connectivity index (χ0v) is 15.1. The Labute approximate surface area is 158 Å². The molecule has 136 valence electrons. The highest BCUT2D eigenvalue weighted by Crippen LogP contribution is 2.18. The van der Waals surface area contributed by atoms with E-state index in [1.165, 1.54) is 5.56 Å². The van der Waals surface area contributed by atoms with E-state index in [0.717, 1.165) is 11.1 Å². The number of carbonyl (C=O) groups is 1. The average Bonchev–Trinajstić information content (AvgIpc) is 2.68. The predicted octanol–water partition coefficient (Wildman–Crippen LogP) is 3.92. The van der Waals surface area contributed by atoms with Gasteiger partial charge in [-0.1, -0.05) is 54.1 Å². The molecule has 1 amide bonds. The lowest BCUT2D eigenvalue weighted by molar-refractivity contribution is 0.0956. The van der Waals surface area contributed by atoms with Crippen molar-refractivity contribution in [1.82, 2.24) is 5.43 Å². The van der Waals surface area contributed by atoms with Crippen molar-refractivity contribution in [3.05, 3.63) is 95.1 Å². The van der Waals surface area contributed by atoms with Crippen molar-refractivity contribution < 1.29 is 9.53 Å². The van der Waals surface area contributed by atoms with Gasteiger partial charge in [-0.15, -0.1) is 0 Å². The maximum atomic E-state index is 12.1. The molecule has 0 spiro atoms. The molecule has 0 bridgehead atoms. The number of amides is 1. The number of hydrazone groups is 1. The Morgan fingerprint density at radius 1 is 1.04 bits per heavy atom. The molecular formula is C22H21N3O2. The lowest BCUT2D eigenvalue weighted by Gasteiger charge is -2.09. The molecule has 3 aromatic carbocycles. The van der Waals surface area contributed by atoms with Crippen LogP contribution < -0.4 is 15.9 Å². The second-order valence-corrected chi connectivity index (χ2v) is 6.10. The van der Waals surface area contributed by atoms with Crippen LogP contribution >= 0.6 is 0 Å². The minimum atomic E-state index is -0.359. The number of carbonyl (C=O) groups excluding carboxylic acids is 1. The number of hydrogen-bond donors (Lipinski definition) is 2. The monoisotopic (exact) mass is 359 g/mol. The van der Waals surface area contributed by atoms with Crippen LogP contribution in [0.4, 0.5) is 5.69 Å². The molecule has 0 saturated carbocycles. The van der Waals surface area contributed by atoms with E-state index in [0.29, 0.717) is 23.6 Å². The first-order valence-corrected chi connectivity index (χ1v) is 8.59. The fourth-order valence-electron chi connectivity index (χ4n) is 2.49. The molecule has 5 heteroatoms. The van der Waals surface area contributed by atoms with E-state index >= 15 is 0 Å². The number of ether oxygens (including phenoxy) is 1. The highest BCUT2D eigenvalue weighted by molar-refractivity contribution is 5.99. The Morgan fingerprint density at radius 3 is 2.52 bits per heavy atom. The number of para-hydroxylation sites is 2. The quantitative estimate of drug-likeness (QED) is 0.398. The van der Waals surface area contributed by atoms with Gasteiger partial charge in [0.05, 0.1) is 11.8 Å². The smallest absolute Gasteiger partial charge is 0.273 e. The zero-order valence-electron chi connectivity index (χ0n) is 15.1. The van der Waals surface area contributed by atoms with Crippen molar-refractivity contribution in [2.45, 2.75) is 13.5 Å². The lowest BCUT2D eigenvalue weighted by Crippen LogP contribution is -2.19. The van der Waals surface area contributed by atoms with E-state index in [9.17, 15) is 4.79 Å². The Balaban J connectivity index is 1.65. The van der Waals surface area contributed by atoms with Gasteiger partial charge in [-0.3, -0.25) is 4.79 Å². The summed E-state index contributed by atoms with van der Waals surface area (Å²) in [5.74, 6) is 0.331. The molecule has 0 aliphatic heterocycles. The van der Waals surface area contributed by atoms with Crippen LogP contribution in [-0.2, 0) is 6.61 Å². The molecule has 0 aromatic heterocycles. The van der Waals surface area contributed by atoms with Gasteiger partial charge in [0.15, 0.2) is 0 Å². The molecule has 5 nitrogen and oxygen atoms in total. The topological polar surface area (TPSA) is 76.7 Å². The van der Waals surface area contributed by atoms with Crippen molar-refractivity contribution in [3.63, 3.8) is 0 Å². The van der Waals surface area contributed by atoms with Crippen LogP contribution in [0.15, 0.2) is 77.9 Å². The number of nitrogens with one attached hydrogen (secondary N) is 1. The number of anilines is 1. The molecule has 0 unspecified atom stereocenters. The van der Waals surface area contributed by atoms with Crippen molar-refractivity contribution in [2.75, 3.05) is 5.73 Å². The molecule has 0 fully saturated rings. The first-order chi connectivity index (χ1) is 13.1. The fourth-order valence-corrected chi connectivity index (χ4v) is 2.49. The summed E-state index contributed by atoms with van der Waals surface area (Å²) in [7, 11) is 0. The number of hydrogen-bond acceptors (Lipinski definition) is 4. The summed E-state index contributed by atoms with van der Waals surface area (Å²) in [5, 5.41) is 4.03. The van der Waals surface area contributed by atoms with E-state index < -0.39 is 0 Å². The normalized spacial score (nSPS) is 10.7. The van der Waals surface area contributed by atoms with Gasteiger partial charge < -0.3 is 10.5 Å². The van der Waals surface area contributed by atoms with Crippen LogP contribution in [0.2, 0.25) is 0 Å². The summed E-state index contributed by atoms with van der Waals surface area (Å²) in [6, 6.07) is 22.6. The molecule has 3 aromatic rings. The molecule has 0 atom stereocenters. The van der Waals surface area contributed by atoms with Crippen LogP contribution in [-0.4, -0.2) is 12.1 Å². The highest BCUT2D eigenvalue weighted by atomic mass is 16.5. The van der Waals surface area contributed by atoms with Gasteiger partial charge in [-0.2, -0.15) is 5.10 Å². The van der Waals surface area contributed by atoms with Gasteiger partial charge in [0, 0.05) is 11.3 Å². The summed E-state index contributed by atoms with van der Waals surface area (Å²) in [6.07, 6.45) is 1.56. The summed E-state index contributed by atoms with van der Waals surface area (Å²) in [4.78, 5) is 12.1. The molecule has 0 radical (unpaired) electrons. The third-order valence-electron chi connectivity index (χ3n) is 4.01. The number of nitrogens with two attached hydrogens (primary N) is 1. The van der Waals surface area contributed by atoms with Crippen LogP contribution in [0.5, 0.6) is 5.75 Å². The van der Waals surface area contributed by atoms with Gasteiger partial charge >= 0.3 is 0 Å². The fraction of sp³-hybridized carbons (Fsp3) is 0.0909. The molecular weight excluding hydrogens is 338 g/mol. The largest absolute Gasteiger partial charge is 0.488 e. The van der Waals surface area contributed by atoms with Crippen molar-refractivity contribution >= 4 is 17.8 Å². The lowest BCUT2D eigenvalue weighted by atomic mass is 10.1. The summed E-state index contributed by atoms with van der Waals surface area (Å²) < 4.78 is 5.90. The first-order valence-electron chi connectivity index (χ1n) is 8.59. The zero-order chi connectivity index (χ0) is 19.1. The van der Waals surface area contributed by atoms with Crippen molar-refractivity contribution in [1.29, 1.82) is 0 Å². The number of rotatable bonds is 6. The van der Waals surface area contributed by atoms with Gasteiger partial charge in [0.25, 0.3) is 5.91 Å². The van der Waals surface area contributed by atoms with Crippen LogP contribution in [0.25, 0.3) is 0 Å². The standard InChI is InChI=1S/C22H21N3O2/c1-16-10-12-17(13-11-16)15-27-21-9-5-2-6-18(21)14-24-25-22(26)19-7-3-4-8-20(19)23/h2-14H,15,23H2,1H3,(H,25,26)/b24-14+. The second-order valence-electron chi connectivity index (χ2n) is 6.10. The third-order valence-corrected chi connectivity index (χ3v) is 4.01. The summed E-state index contributed by atoms with van der Waals surface area (Å²) in [5.41, 5.74) is 12.1. The summed E-state index contributed by atoms with van der Waals surface area (Å²) >= 11 is 0. The molecule has 3 rings (SSSR count). The van der Waals surface area contributed by atoms with Crippen LogP contribution in [0, 0.1) is 6.92 Å². The molecule has 3 N–H and O–H groups in total. The predicted molar refractivity (Wildman–Crippen MR) is 108 cm³/mol. The van der Waals surface area contributed by atoms with Crippen LogP contribution in [0.1, 0.15) is 27.0 Å². The van der Waals surface area contributed by atoms with Crippen LogP contribution in [0.3, 0.4) is 0 Å². The first kappa shape index (κ1) is 18.2. The van der Waals surface area contributed by atoms with Gasteiger partial charge in [-0.25, -0.2) is 5.43 Å². The third kappa shape index (κ3) is 4.95. The van der Waals surface area contributed by atoms with Gasteiger partial charge in [0.2, 0.25) is 0 Å². The van der Waals surface area contributed by atoms with E-state index in [2.05, 4.69) is 22.7 Å². The van der Waals surface area contributed by atoms with E-state index in [-0.39, 0.29) is 5.91 Å².